The maximum Gasteiger partial charge on any atom is 0.0603 e. The van der Waals surface area contributed by atoms with Crippen LogP contribution in [0.3, 0.4) is 0 Å². The van der Waals surface area contributed by atoms with E-state index in [2.05, 4.69) is 84.0 Å². The van der Waals surface area contributed by atoms with Crippen molar-refractivity contribution >= 4 is 0 Å². The Kier molecular flexibility index (Phi) is 5.29. The minimum absolute atomic E-state index is 0.123. The summed E-state index contributed by atoms with van der Waals surface area (Å²) in [7, 11) is 0. The van der Waals surface area contributed by atoms with Gasteiger partial charge in [-0.2, -0.15) is 0 Å². The lowest BCUT2D eigenvalue weighted by Gasteiger charge is -2.54. The van der Waals surface area contributed by atoms with Crippen LogP contribution in [0.25, 0.3) is 0 Å². The normalized spacial score (nSPS) is 16.5. The predicted octanol–water partition coefficient (Wildman–Crippen LogP) is 4.18. The molecule has 3 rings (SSSR count). The zero-order valence-corrected chi connectivity index (χ0v) is 14.2. The Hall–Kier alpha value is -2.16. The topological polar surface area (TPSA) is 15.3 Å². The third-order valence-electron chi connectivity index (χ3n) is 4.76. The molecular formula is C22H26N2. The molecule has 124 valence electrons. The van der Waals surface area contributed by atoms with Crippen LogP contribution in [-0.4, -0.2) is 30.1 Å². The van der Waals surface area contributed by atoms with Crippen LogP contribution in [0.1, 0.15) is 23.6 Å². The second-order valence-corrected chi connectivity index (χ2v) is 6.57. The summed E-state index contributed by atoms with van der Waals surface area (Å²) >= 11 is 0. The van der Waals surface area contributed by atoms with Gasteiger partial charge in [0.05, 0.1) is 6.04 Å². The van der Waals surface area contributed by atoms with E-state index in [1.54, 1.807) is 0 Å². The summed E-state index contributed by atoms with van der Waals surface area (Å²) in [6, 6.07) is 21.8. The Labute approximate surface area is 145 Å². The van der Waals surface area contributed by atoms with Crippen LogP contribution in [0.2, 0.25) is 0 Å². The highest BCUT2D eigenvalue weighted by Crippen LogP contribution is 2.37. The molecule has 2 aromatic rings. The van der Waals surface area contributed by atoms with Crippen molar-refractivity contribution in [3.05, 3.63) is 97.1 Å². The molecule has 0 unspecified atom stereocenters. The monoisotopic (exact) mass is 318 g/mol. The lowest BCUT2D eigenvalue weighted by Crippen LogP contribution is -2.69. The van der Waals surface area contributed by atoms with Crippen molar-refractivity contribution in [1.29, 1.82) is 0 Å². The van der Waals surface area contributed by atoms with Crippen molar-refractivity contribution in [3.8, 4) is 0 Å². The third kappa shape index (κ3) is 3.50. The molecule has 0 radical (unpaired) electrons. The van der Waals surface area contributed by atoms with Crippen LogP contribution in [0.4, 0.5) is 0 Å². The molecule has 2 nitrogen and oxygen atoms in total. The number of nitrogens with zero attached hydrogens (tertiary/aromatic N) is 1. The van der Waals surface area contributed by atoms with Crippen LogP contribution in [-0.2, 0) is 0 Å². The maximum atomic E-state index is 3.94. The van der Waals surface area contributed by atoms with Crippen LogP contribution < -0.4 is 5.32 Å². The number of rotatable bonds is 8. The summed E-state index contributed by atoms with van der Waals surface area (Å²) in [4.78, 5) is 2.55. The molecule has 0 aromatic heterocycles. The van der Waals surface area contributed by atoms with Crippen LogP contribution >= 0.6 is 0 Å². The molecule has 0 spiro atoms. The molecule has 1 heterocycles. The maximum absolute atomic E-state index is 3.94. The van der Waals surface area contributed by atoms with Gasteiger partial charge in [0.25, 0.3) is 0 Å². The summed E-state index contributed by atoms with van der Waals surface area (Å²) in [6.07, 6.45) is 4.93. The largest absolute Gasteiger partial charge is 0.305 e. The van der Waals surface area contributed by atoms with Crippen molar-refractivity contribution in [2.75, 3.05) is 19.6 Å². The molecule has 0 atom stereocenters. The zero-order valence-electron chi connectivity index (χ0n) is 14.2. The van der Waals surface area contributed by atoms with Gasteiger partial charge in [-0.15, -0.1) is 13.2 Å². The molecule has 1 saturated heterocycles. The van der Waals surface area contributed by atoms with Crippen molar-refractivity contribution in [2.45, 2.75) is 18.0 Å². The number of hydrogen-bond donors (Lipinski definition) is 1. The second-order valence-electron chi connectivity index (χ2n) is 6.57. The highest BCUT2D eigenvalue weighted by atomic mass is 15.3. The quantitative estimate of drug-likeness (QED) is 0.735. The smallest absolute Gasteiger partial charge is 0.0603 e. The highest BCUT2D eigenvalue weighted by Gasteiger charge is 2.44. The Bertz CT molecular complexity index is 617. The van der Waals surface area contributed by atoms with Gasteiger partial charge in [-0.1, -0.05) is 72.8 Å². The van der Waals surface area contributed by atoms with Gasteiger partial charge in [0.2, 0.25) is 0 Å². The first-order valence-corrected chi connectivity index (χ1v) is 8.59. The van der Waals surface area contributed by atoms with Crippen LogP contribution in [0.5, 0.6) is 0 Å². The van der Waals surface area contributed by atoms with E-state index in [0.717, 1.165) is 26.1 Å². The van der Waals surface area contributed by atoms with Crippen molar-refractivity contribution < 1.29 is 0 Å². The summed E-state index contributed by atoms with van der Waals surface area (Å²) in [6.45, 7) is 10.6. The Morgan fingerprint density at radius 2 is 1.46 bits per heavy atom. The summed E-state index contributed by atoms with van der Waals surface area (Å²) in [5.74, 6) is 0. The van der Waals surface area contributed by atoms with Crippen molar-refractivity contribution in [2.24, 2.45) is 0 Å². The van der Waals surface area contributed by atoms with E-state index in [1.165, 1.54) is 11.1 Å². The molecule has 0 bridgehead atoms. The lowest BCUT2D eigenvalue weighted by molar-refractivity contribution is 0.0208. The SMILES string of the molecule is C=CCNC1(CC=C)CN(C(c2ccccc2)c2ccccc2)C1. The van der Waals surface area contributed by atoms with Gasteiger partial charge in [-0.05, 0) is 17.5 Å². The average Bonchev–Trinajstić information content (AvgIpc) is 2.60. The average molecular weight is 318 g/mol. The lowest BCUT2D eigenvalue weighted by atomic mass is 9.82. The van der Waals surface area contributed by atoms with Gasteiger partial charge in [-0.25, -0.2) is 0 Å². The standard InChI is InChI=1S/C22H26N2/c1-3-15-22(23-16-4-2)17-24(18-22)21(19-11-7-5-8-12-19)20-13-9-6-10-14-20/h3-14,21,23H,1-2,15-18H2. The second kappa shape index (κ2) is 7.61. The van der Waals surface area contributed by atoms with E-state index in [-0.39, 0.29) is 5.54 Å². The fourth-order valence-electron chi connectivity index (χ4n) is 3.68. The molecule has 0 amide bonds. The summed E-state index contributed by atoms with van der Waals surface area (Å²) < 4.78 is 0. The van der Waals surface area contributed by atoms with Crippen molar-refractivity contribution in [3.63, 3.8) is 0 Å². The predicted molar refractivity (Wildman–Crippen MR) is 102 cm³/mol. The number of benzene rings is 2. The van der Waals surface area contributed by atoms with E-state index in [0.29, 0.717) is 6.04 Å². The fourth-order valence-corrected chi connectivity index (χ4v) is 3.68. The Morgan fingerprint density at radius 3 is 1.92 bits per heavy atom. The van der Waals surface area contributed by atoms with Gasteiger partial charge in [0.15, 0.2) is 0 Å². The first kappa shape index (κ1) is 16.7. The van der Waals surface area contributed by atoms with Gasteiger partial charge < -0.3 is 5.32 Å². The molecule has 1 aliphatic rings. The first-order chi connectivity index (χ1) is 11.8. The molecule has 1 fully saturated rings. The third-order valence-corrected chi connectivity index (χ3v) is 4.76. The molecular weight excluding hydrogens is 292 g/mol. The van der Waals surface area contributed by atoms with Gasteiger partial charge >= 0.3 is 0 Å². The molecule has 1 aliphatic heterocycles. The van der Waals surface area contributed by atoms with E-state index in [1.807, 2.05) is 12.2 Å². The van der Waals surface area contributed by atoms with Gasteiger partial charge in [0, 0.05) is 25.2 Å². The first-order valence-electron chi connectivity index (χ1n) is 8.59. The minimum Gasteiger partial charge on any atom is -0.305 e. The molecule has 1 N–H and O–H groups in total. The van der Waals surface area contributed by atoms with Crippen molar-refractivity contribution in [1.82, 2.24) is 10.2 Å². The van der Waals surface area contributed by atoms with E-state index < -0.39 is 0 Å². The molecule has 2 heteroatoms. The summed E-state index contributed by atoms with van der Waals surface area (Å²) in [5, 5.41) is 3.64. The van der Waals surface area contributed by atoms with E-state index in [9.17, 15) is 0 Å². The zero-order chi connectivity index (χ0) is 16.8. The number of likely N-dealkylation sites (tertiary alicyclic amines) is 1. The Morgan fingerprint density at radius 1 is 0.917 bits per heavy atom. The van der Waals surface area contributed by atoms with Crippen LogP contribution in [0, 0.1) is 0 Å². The molecule has 0 saturated carbocycles. The molecule has 0 aliphatic carbocycles. The van der Waals surface area contributed by atoms with Gasteiger partial charge in [-0.3, -0.25) is 4.90 Å². The fraction of sp³-hybridized carbons (Fsp3) is 0.273. The van der Waals surface area contributed by atoms with E-state index in [4.69, 9.17) is 0 Å². The Balaban J connectivity index is 1.83. The minimum atomic E-state index is 0.123. The number of nitrogens with one attached hydrogen (secondary N) is 1. The summed E-state index contributed by atoms with van der Waals surface area (Å²) in [5.41, 5.74) is 2.82. The van der Waals surface area contributed by atoms with Crippen LogP contribution in [0.15, 0.2) is 86.0 Å². The molecule has 24 heavy (non-hydrogen) atoms. The van der Waals surface area contributed by atoms with E-state index >= 15 is 0 Å². The molecule has 2 aromatic carbocycles. The number of hydrogen-bond acceptors (Lipinski definition) is 2. The highest BCUT2D eigenvalue weighted by molar-refractivity contribution is 5.33. The van der Waals surface area contributed by atoms with Gasteiger partial charge in [0.1, 0.15) is 0 Å².